The maximum absolute atomic E-state index is 13.0. The first-order valence-corrected chi connectivity index (χ1v) is 5.69. The van der Waals surface area contributed by atoms with Crippen LogP contribution in [-0.2, 0) is 5.41 Å². The van der Waals surface area contributed by atoms with Gasteiger partial charge in [0, 0.05) is 22.0 Å². The summed E-state index contributed by atoms with van der Waals surface area (Å²) in [7, 11) is 0. The van der Waals surface area contributed by atoms with Gasteiger partial charge in [0.05, 0.1) is 0 Å². The van der Waals surface area contributed by atoms with Gasteiger partial charge in [-0.05, 0) is 31.4 Å². The van der Waals surface area contributed by atoms with Gasteiger partial charge in [-0.25, -0.2) is 8.78 Å². The second-order valence-corrected chi connectivity index (χ2v) is 4.85. The fourth-order valence-electron chi connectivity index (χ4n) is 2.30. The Labute approximate surface area is 98.6 Å². The minimum Gasteiger partial charge on any atom is -0.327 e. The zero-order valence-corrected chi connectivity index (χ0v) is 9.77. The minimum absolute atomic E-state index is 0.0426. The molecule has 1 nitrogen and oxygen atoms in total. The van der Waals surface area contributed by atoms with Crippen molar-refractivity contribution in [3.63, 3.8) is 0 Å². The molecule has 0 aromatic heterocycles. The predicted molar refractivity (Wildman–Crippen MR) is 61.0 cm³/mol. The molecule has 1 aliphatic carbocycles. The molecule has 16 heavy (non-hydrogen) atoms. The van der Waals surface area contributed by atoms with E-state index >= 15 is 0 Å². The van der Waals surface area contributed by atoms with E-state index in [9.17, 15) is 8.78 Å². The molecule has 0 aliphatic heterocycles. The summed E-state index contributed by atoms with van der Waals surface area (Å²) >= 11 is 5.84. The molecule has 4 heteroatoms. The third-order valence-electron chi connectivity index (χ3n) is 3.47. The molecule has 0 amide bonds. The molecule has 0 radical (unpaired) electrons. The summed E-state index contributed by atoms with van der Waals surface area (Å²) < 4.78 is 26.0. The van der Waals surface area contributed by atoms with Gasteiger partial charge in [-0.3, -0.25) is 0 Å². The van der Waals surface area contributed by atoms with Crippen molar-refractivity contribution in [2.75, 3.05) is 0 Å². The smallest absolute Gasteiger partial charge is 0.265 e. The Bertz CT molecular complexity index is 400. The average Bonchev–Trinajstić information content (AvgIpc) is 2.97. The molecule has 1 aliphatic rings. The zero-order valence-electron chi connectivity index (χ0n) is 9.01. The van der Waals surface area contributed by atoms with Crippen molar-refractivity contribution in [1.82, 2.24) is 0 Å². The monoisotopic (exact) mass is 245 g/mol. The number of benzene rings is 1. The van der Waals surface area contributed by atoms with Crippen molar-refractivity contribution in [3.8, 4) is 0 Å². The van der Waals surface area contributed by atoms with Gasteiger partial charge in [-0.2, -0.15) is 0 Å². The van der Waals surface area contributed by atoms with Crippen LogP contribution in [0, 0.1) is 0 Å². The highest BCUT2D eigenvalue weighted by Crippen LogP contribution is 2.53. The van der Waals surface area contributed by atoms with Crippen LogP contribution in [-0.4, -0.2) is 6.04 Å². The Kier molecular flexibility index (Phi) is 2.93. The van der Waals surface area contributed by atoms with Gasteiger partial charge in [0.25, 0.3) is 6.43 Å². The maximum atomic E-state index is 13.0. The molecule has 1 fully saturated rings. The number of alkyl halides is 2. The number of nitrogens with two attached hydrogens (primary N) is 1. The van der Waals surface area contributed by atoms with E-state index in [0.29, 0.717) is 5.56 Å². The van der Waals surface area contributed by atoms with E-state index in [4.69, 9.17) is 17.3 Å². The molecular weight excluding hydrogens is 232 g/mol. The lowest BCUT2D eigenvalue weighted by atomic mass is 9.86. The quantitative estimate of drug-likeness (QED) is 0.864. The average molecular weight is 246 g/mol. The van der Waals surface area contributed by atoms with E-state index in [1.165, 1.54) is 6.07 Å². The lowest BCUT2D eigenvalue weighted by Gasteiger charge is -2.23. The highest BCUT2D eigenvalue weighted by atomic mass is 35.5. The van der Waals surface area contributed by atoms with Crippen LogP contribution in [0.25, 0.3) is 0 Å². The molecule has 1 aromatic carbocycles. The van der Waals surface area contributed by atoms with E-state index in [1.807, 2.05) is 6.92 Å². The second-order valence-electron chi connectivity index (χ2n) is 4.45. The molecule has 1 atom stereocenters. The highest BCUT2D eigenvalue weighted by molar-refractivity contribution is 6.31. The SMILES string of the molecule is CC(N)C1(c2cccc(Cl)c2C(F)F)CC1. The van der Waals surface area contributed by atoms with E-state index < -0.39 is 6.43 Å². The van der Waals surface area contributed by atoms with Crippen LogP contribution in [0.1, 0.15) is 37.3 Å². The van der Waals surface area contributed by atoms with Crippen molar-refractivity contribution < 1.29 is 8.78 Å². The van der Waals surface area contributed by atoms with Crippen LogP contribution in [0.15, 0.2) is 18.2 Å². The van der Waals surface area contributed by atoms with Gasteiger partial charge in [0.15, 0.2) is 0 Å². The largest absolute Gasteiger partial charge is 0.327 e. The van der Waals surface area contributed by atoms with Gasteiger partial charge in [0.2, 0.25) is 0 Å². The van der Waals surface area contributed by atoms with Crippen molar-refractivity contribution in [3.05, 3.63) is 34.3 Å². The van der Waals surface area contributed by atoms with Gasteiger partial charge in [-0.1, -0.05) is 23.7 Å². The topological polar surface area (TPSA) is 26.0 Å². The first kappa shape index (κ1) is 11.8. The van der Waals surface area contributed by atoms with Crippen LogP contribution >= 0.6 is 11.6 Å². The van der Waals surface area contributed by atoms with Crippen molar-refractivity contribution in [2.45, 2.75) is 37.6 Å². The van der Waals surface area contributed by atoms with Crippen LogP contribution in [0.4, 0.5) is 8.78 Å². The lowest BCUT2D eigenvalue weighted by molar-refractivity contribution is 0.149. The fraction of sp³-hybridized carbons (Fsp3) is 0.500. The number of hydrogen-bond donors (Lipinski definition) is 1. The normalized spacial score (nSPS) is 19.9. The molecule has 88 valence electrons. The molecule has 0 heterocycles. The summed E-state index contributed by atoms with van der Waals surface area (Å²) in [5.41, 5.74) is 6.20. The van der Waals surface area contributed by atoms with Gasteiger partial charge in [0.1, 0.15) is 0 Å². The Hall–Kier alpha value is -0.670. The van der Waals surface area contributed by atoms with Crippen LogP contribution < -0.4 is 5.73 Å². The summed E-state index contributed by atoms with van der Waals surface area (Å²) in [5, 5.41) is 0.138. The molecule has 1 aromatic rings. The van der Waals surface area contributed by atoms with E-state index in [-0.39, 0.29) is 22.0 Å². The van der Waals surface area contributed by atoms with E-state index in [1.54, 1.807) is 12.1 Å². The summed E-state index contributed by atoms with van der Waals surface area (Å²) in [6.07, 6.45) is -0.810. The molecule has 0 bridgehead atoms. The van der Waals surface area contributed by atoms with Crippen molar-refractivity contribution in [2.24, 2.45) is 5.73 Å². The van der Waals surface area contributed by atoms with E-state index in [2.05, 4.69) is 0 Å². The number of hydrogen-bond acceptors (Lipinski definition) is 1. The predicted octanol–water partition coefficient (Wildman–Crippen LogP) is 3.66. The Balaban J connectivity index is 2.53. The third kappa shape index (κ3) is 1.72. The summed E-state index contributed by atoms with van der Waals surface area (Å²) in [4.78, 5) is 0. The van der Waals surface area contributed by atoms with Crippen LogP contribution in [0.3, 0.4) is 0 Å². The van der Waals surface area contributed by atoms with Crippen molar-refractivity contribution in [1.29, 1.82) is 0 Å². The number of rotatable bonds is 3. The fourth-order valence-corrected chi connectivity index (χ4v) is 2.55. The molecule has 2 rings (SSSR count). The van der Waals surface area contributed by atoms with Crippen LogP contribution in [0.5, 0.6) is 0 Å². The Morgan fingerprint density at radius 2 is 2.00 bits per heavy atom. The maximum Gasteiger partial charge on any atom is 0.265 e. The Morgan fingerprint density at radius 3 is 2.44 bits per heavy atom. The highest BCUT2D eigenvalue weighted by Gasteiger charge is 2.49. The molecule has 1 unspecified atom stereocenters. The summed E-state index contributed by atoms with van der Waals surface area (Å²) in [6.45, 7) is 1.86. The molecule has 0 spiro atoms. The molecule has 0 saturated heterocycles. The molecule has 1 saturated carbocycles. The second kappa shape index (κ2) is 3.97. The van der Waals surface area contributed by atoms with Gasteiger partial charge < -0.3 is 5.73 Å². The standard InChI is InChI=1S/C12H14ClF2N/c1-7(16)12(5-6-12)8-3-2-4-9(13)10(8)11(14)15/h2-4,7,11H,5-6,16H2,1H3. The van der Waals surface area contributed by atoms with Crippen molar-refractivity contribution >= 4 is 11.6 Å². The third-order valence-corrected chi connectivity index (χ3v) is 3.80. The lowest BCUT2D eigenvalue weighted by Crippen LogP contribution is -2.32. The minimum atomic E-state index is -2.54. The van der Waals surface area contributed by atoms with E-state index in [0.717, 1.165) is 12.8 Å². The molecule has 2 N–H and O–H groups in total. The first-order valence-electron chi connectivity index (χ1n) is 5.31. The van der Waals surface area contributed by atoms with Crippen LogP contribution in [0.2, 0.25) is 5.02 Å². The van der Waals surface area contributed by atoms with Gasteiger partial charge >= 0.3 is 0 Å². The number of halogens is 3. The Morgan fingerprint density at radius 1 is 1.38 bits per heavy atom. The summed E-state index contributed by atoms with van der Waals surface area (Å²) in [6, 6.07) is 4.82. The molecular formula is C12H14ClF2N. The summed E-state index contributed by atoms with van der Waals surface area (Å²) in [5.74, 6) is 0. The van der Waals surface area contributed by atoms with Gasteiger partial charge in [-0.15, -0.1) is 0 Å². The first-order chi connectivity index (χ1) is 7.49. The zero-order chi connectivity index (χ0) is 11.9.